The van der Waals surface area contributed by atoms with Crippen LogP contribution < -0.4 is 5.32 Å². The van der Waals surface area contributed by atoms with Gasteiger partial charge in [0, 0.05) is 46.7 Å². The zero-order valence-electron chi connectivity index (χ0n) is 20.1. The Labute approximate surface area is 209 Å². The maximum atomic E-state index is 9.85. The average molecular weight is 474 g/mol. The molecule has 1 saturated carbocycles. The van der Waals surface area contributed by atoms with Gasteiger partial charge in [-0.2, -0.15) is 5.26 Å². The lowest BCUT2D eigenvalue weighted by Crippen LogP contribution is -2.28. The van der Waals surface area contributed by atoms with Crippen molar-refractivity contribution in [2.24, 2.45) is 0 Å². The van der Waals surface area contributed by atoms with Gasteiger partial charge in [0.05, 0.1) is 22.9 Å². The quantitative estimate of drug-likeness (QED) is 0.328. The van der Waals surface area contributed by atoms with E-state index in [0.29, 0.717) is 5.56 Å². The van der Waals surface area contributed by atoms with Crippen LogP contribution in [0.25, 0.3) is 38.8 Å². The van der Waals surface area contributed by atoms with Crippen molar-refractivity contribution >= 4 is 27.6 Å². The zero-order valence-corrected chi connectivity index (χ0v) is 20.1. The van der Waals surface area contributed by atoms with Crippen LogP contribution in [-0.4, -0.2) is 31.8 Å². The molecule has 6 nitrogen and oxygen atoms in total. The molecule has 178 valence electrons. The largest absolute Gasteiger partial charge is 0.393 e. The summed E-state index contributed by atoms with van der Waals surface area (Å²) in [5.74, 6) is 0. The van der Waals surface area contributed by atoms with E-state index in [1.807, 2.05) is 48.8 Å². The summed E-state index contributed by atoms with van der Waals surface area (Å²) < 4.78 is 2.10. The highest BCUT2D eigenvalue weighted by atomic mass is 16.3. The Morgan fingerprint density at radius 3 is 2.69 bits per heavy atom. The SMILES string of the molecule is Cc1cn(-c2ccc(C#N)c(N[C@H]3CC[C@H](O)CC3)c2)c2nccc(-c3cnc4ccccc4c3)c12. The van der Waals surface area contributed by atoms with Crippen molar-refractivity contribution in [3.8, 4) is 22.9 Å². The molecule has 6 rings (SSSR count). The first-order valence-electron chi connectivity index (χ1n) is 12.4. The average Bonchev–Trinajstić information content (AvgIpc) is 3.26. The molecule has 0 unspecified atom stereocenters. The van der Waals surface area contributed by atoms with Crippen LogP contribution >= 0.6 is 0 Å². The van der Waals surface area contributed by atoms with Gasteiger partial charge >= 0.3 is 0 Å². The molecular formula is C30H27N5O. The molecule has 0 amide bonds. The van der Waals surface area contributed by atoms with E-state index in [9.17, 15) is 10.4 Å². The van der Waals surface area contributed by atoms with Crippen LogP contribution in [0.4, 0.5) is 5.69 Å². The number of nitrogens with zero attached hydrogens (tertiary/aromatic N) is 4. The molecule has 1 fully saturated rings. The lowest BCUT2D eigenvalue weighted by atomic mass is 9.93. The molecule has 0 saturated heterocycles. The van der Waals surface area contributed by atoms with E-state index >= 15 is 0 Å². The van der Waals surface area contributed by atoms with Gasteiger partial charge in [0.15, 0.2) is 0 Å². The maximum absolute atomic E-state index is 9.85. The fraction of sp³-hybridized carbons (Fsp3) is 0.233. The third-order valence-electron chi connectivity index (χ3n) is 7.24. The highest BCUT2D eigenvalue weighted by molar-refractivity contribution is 5.98. The van der Waals surface area contributed by atoms with Gasteiger partial charge < -0.3 is 15.0 Å². The lowest BCUT2D eigenvalue weighted by molar-refractivity contribution is 0.126. The summed E-state index contributed by atoms with van der Waals surface area (Å²) in [7, 11) is 0. The minimum Gasteiger partial charge on any atom is -0.393 e. The van der Waals surface area contributed by atoms with Gasteiger partial charge in [-0.25, -0.2) is 4.98 Å². The van der Waals surface area contributed by atoms with Crippen LogP contribution in [0.5, 0.6) is 0 Å². The van der Waals surface area contributed by atoms with Crippen molar-refractivity contribution in [1.82, 2.24) is 14.5 Å². The number of hydrogen-bond acceptors (Lipinski definition) is 5. The summed E-state index contributed by atoms with van der Waals surface area (Å²) >= 11 is 0. The molecule has 2 N–H and O–H groups in total. The number of aromatic nitrogens is 3. The standard InChI is InChI=1S/C30H27N5O/c1-19-18-35(24-9-6-21(16-31)28(15-24)34-23-7-10-25(36)11-8-23)30-29(19)26(12-13-32-30)22-14-20-4-2-3-5-27(20)33-17-22/h2-6,9,12-15,17-18,23,25,34,36H,7-8,10-11H2,1H3/t23-,25-. The molecule has 36 heavy (non-hydrogen) atoms. The van der Waals surface area contributed by atoms with E-state index < -0.39 is 0 Å². The first-order valence-corrected chi connectivity index (χ1v) is 12.4. The van der Waals surface area contributed by atoms with Crippen molar-refractivity contribution < 1.29 is 5.11 Å². The number of hydrogen-bond donors (Lipinski definition) is 2. The van der Waals surface area contributed by atoms with Crippen molar-refractivity contribution in [3.05, 3.63) is 84.3 Å². The number of benzene rings is 2. The Morgan fingerprint density at radius 2 is 1.86 bits per heavy atom. The molecule has 3 aromatic heterocycles. The van der Waals surface area contributed by atoms with E-state index in [2.05, 4.69) is 52.3 Å². The number of nitrogens with one attached hydrogen (secondary N) is 1. The molecule has 0 bridgehead atoms. The summed E-state index contributed by atoms with van der Waals surface area (Å²) in [6, 6.07) is 20.8. The van der Waals surface area contributed by atoms with Crippen LogP contribution in [0.1, 0.15) is 36.8 Å². The summed E-state index contributed by atoms with van der Waals surface area (Å²) in [5, 5.41) is 25.3. The number of nitriles is 1. The molecule has 1 aliphatic rings. The second-order valence-electron chi connectivity index (χ2n) is 9.65. The van der Waals surface area contributed by atoms with Crippen molar-refractivity contribution in [2.75, 3.05) is 5.32 Å². The first-order chi connectivity index (χ1) is 17.6. The molecule has 3 heterocycles. The normalized spacial score (nSPS) is 17.8. The number of aliphatic hydroxyl groups excluding tert-OH is 1. The fourth-order valence-electron chi connectivity index (χ4n) is 5.34. The van der Waals surface area contributed by atoms with Gasteiger partial charge in [-0.15, -0.1) is 0 Å². The summed E-state index contributed by atoms with van der Waals surface area (Å²) in [4.78, 5) is 9.42. The number of pyridine rings is 2. The van der Waals surface area contributed by atoms with E-state index in [1.165, 1.54) is 0 Å². The van der Waals surface area contributed by atoms with Crippen molar-refractivity contribution in [2.45, 2.75) is 44.8 Å². The molecular weight excluding hydrogens is 446 g/mol. The predicted molar refractivity (Wildman–Crippen MR) is 143 cm³/mol. The number of fused-ring (bicyclic) bond motifs is 2. The van der Waals surface area contributed by atoms with Crippen LogP contribution in [-0.2, 0) is 0 Å². The Kier molecular flexibility index (Phi) is 5.63. The van der Waals surface area contributed by atoms with Gasteiger partial charge in [0.1, 0.15) is 11.7 Å². The number of anilines is 1. The minimum atomic E-state index is -0.211. The van der Waals surface area contributed by atoms with Crippen LogP contribution in [0.2, 0.25) is 0 Å². The van der Waals surface area contributed by atoms with Gasteiger partial charge in [-0.3, -0.25) is 4.98 Å². The van der Waals surface area contributed by atoms with Crippen LogP contribution in [0, 0.1) is 18.3 Å². The van der Waals surface area contributed by atoms with E-state index in [4.69, 9.17) is 4.98 Å². The third-order valence-corrected chi connectivity index (χ3v) is 7.24. The van der Waals surface area contributed by atoms with E-state index in [0.717, 1.165) is 75.7 Å². The zero-order chi connectivity index (χ0) is 24.6. The molecule has 0 radical (unpaired) electrons. The minimum absolute atomic E-state index is 0.211. The van der Waals surface area contributed by atoms with Gasteiger partial charge in [0.2, 0.25) is 0 Å². The summed E-state index contributed by atoms with van der Waals surface area (Å²) in [6.07, 6.45) is 9.04. The third kappa shape index (κ3) is 3.98. The topological polar surface area (TPSA) is 86.8 Å². The fourth-order valence-corrected chi connectivity index (χ4v) is 5.34. The maximum Gasteiger partial charge on any atom is 0.145 e. The monoisotopic (exact) mass is 473 g/mol. The van der Waals surface area contributed by atoms with Crippen LogP contribution in [0.15, 0.2) is 73.2 Å². The van der Waals surface area contributed by atoms with Crippen LogP contribution in [0.3, 0.4) is 0 Å². The second-order valence-corrected chi connectivity index (χ2v) is 9.65. The molecule has 5 aromatic rings. The Balaban J connectivity index is 1.42. The molecule has 0 atom stereocenters. The van der Waals surface area contributed by atoms with Crippen molar-refractivity contribution in [1.29, 1.82) is 5.26 Å². The van der Waals surface area contributed by atoms with Gasteiger partial charge in [-0.05, 0) is 80.1 Å². The first kappa shape index (κ1) is 22.3. The summed E-state index contributed by atoms with van der Waals surface area (Å²) in [5.41, 5.74) is 7.53. The van der Waals surface area contributed by atoms with E-state index in [1.54, 1.807) is 0 Å². The number of aryl methyl sites for hydroxylation is 1. The lowest BCUT2D eigenvalue weighted by Gasteiger charge is -2.27. The van der Waals surface area contributed by atoms with Crippen molar-refractivity contribution in [3.63, 3.8) is 0 Å². The smallest absolute Gasteiger partial charge is 0.145 e. The predicted octanol–water partition coefficient (Wildman–Crippen LogP) is 6.14. The van der Waals surface area contributed by atoms with Gasteiger partial charge in [-0.1, -0.05) is 18.2 Å². The Bertz CT molecular complexity index is 1620. The highest BCUT2D eigenvalue weighted by Crippen LogP contribution is 2.34. The second kappa shape index (κ2) is 9.10. The number of aliphatic hydroxyl groups is 1. The molecule has 2 aromatic carbocycles. The molecule has 0 aliphatic heterocycles. The van der Waals surface area contributed by atoms with E-state index in [-0.39, 0.29) is 12.1 Å². The Morgan fingerprint density at radius 1 is 1.03 bits per heavy atom. The Hall–Kier alpha value is -4.21. The molecule has 0 spiro atoms. The highest BCUT2D eigenvalue weighted by Gasteiger charge is 2.21. The van der Waals surface area contributed by atoms with Gasteiger partial charge in [0.25, 0.3) is 0 Å². The summed E-state index contributed by atoms with van der Waals surface area (Å²) in [6.45, 7) is 2.11. The molecule has 1 aliphatic carbocycles. The number of para-hydroxylation sites is 1. The number of rotatable bonds is 4. The molecule has 6 heteroatoms.